The summed E-state index contributed by atoms with van der Waals surface area (Å²) in [4.78, 5) is 25.9. The van der Waals surface area contributed by atoms with Crippen molar-refractivity contribution in [3.05, 3.63) is 47.7 Å². The Kier molecular flexibility index (Phi) is 3.53. The molecule has 1 amide bonds. The second-order valence-electron chi connectivity index (χ2n) is 5.93. The van der Waals surface area contributed by atoms with Crippen molar-refractivity contribution in [2.75, 3.05) is 0 Å². The zero-order chi connectivity index (χ0) is 15.0. The molecule has 0 aromatic heterocycles. The number of hydrogen-bond donors (Lipinski definition) is 0. The molecule has 0 aliphatic carbocycles. The molecule has 2 aliphatic heterocycles. The van der Waals surface area contributed by atoms with Crippen LogP contribution in [0, 0.1) is 11.8 Å². The van der Waals surface area contributed by atoms with Gasteiger partial charge in [-0.2, -0.15) is 0 Å². The molecule has 21 heavy (non-hydrogen) atoms. The molecular formula is C17H19NO3. The van der Waals surface area contributed by atoms with Crippen LogP contribution in [0.25, 0.3) is 0 Å². The van der Waals surface area contributed by atoms with Crippen LogP contribution < -0.4 is 0 Å². The highest BCUT2D eigenvalue weighted by Crippen LogP contribution is 2.42. The lowest BCUT2D eigenvalue weighted by atomic mass is 9.79. The highest BCUT2D eigenvalue weighted by atomic mass is 16.5. The third kappa shape index (κ3) is 2.35. The summed E-state index contributed by atoms with van der Waals surface area (Å²) in [5.74, 6) is -0.000155. The summed E-state index contributed by atoms with van der Waals surface area (Å²) in [5, 5.41) is 0. The van der Waals surface area contributed by atoms with E-state index in [1.165, 1.54) is 0 Å². The second kappa shape index (κ2) is 5.35. The van der Waals surface area contributed by atoms with Gasteiger partial charge < -0.3 is 9.64 Å². The first-order chi connectivity index (χ1) is 10.1. The van der Waals surface area contributed by atoms with Gasteiger partial charge in [0.2, 0.25) is 5.91 Å². The molecule has 0 N–H and O–H groups in total. The van der Waals surface area contributed by atoms with Gasteiger partial charge in [-0.15, -0.1) is 0 Å². The van der Waals surface area contributed by atoms with Crippen molar-refractivity contribution in [1.29, 1.82) is 0 Å². The van der Waals surface area contributed by atoms with Crippen molar-refractivity contribution in [3.63, 3.8) is 0 Å². The molecule has 0 unspecified atom stereocenters. The molecule has 2 atom stereocenters. The fourth-order valence-corrected chi connectivity index (χ4v) is 3.16. The van der Waals surface area contributed by atoms with Crippen molar-refractivity contribution in [1.82, 2.24) is 4.90 Å². The van der Waals surface area contributed by atoms with Crippen LogP contribution in [0.3, 0.4) is 0 Å². The van der Waals surface area contributed by atoms with Crippen molar-refractivity contribution in [3.8, 4) is 0 Å². The first-order valence-corrected chi connectivity index (χ1v) is 7.34. The van der Waals surface area contributed by atoms with E-state index in [9.17, 15) is 9.59 Å². The predicted octanol–water partition coefficient (Wildman–Crippen LogP) is 2.50. The third-order valence-corrected chi connectivity index (χ3v) is 4.22. The SMILES string of the molecule is CC(C)[C@H]1C(=O)N2C(C(=O)OCc3ccccc3)=CC[C@H]12. The van der Waals surface area contributed by atoms with E-state index < -0.39 is 5.97 Å². The fraction of sp³-hybridized carbons (Fsp3) is 0.412. The Morgan fingerprint density at radius 1 is 1.33 bits per heavy atom. The van der Waals surface area contributed by atoms with Crippen LogP contribution in [0.4, 0.5) is 0 Å². The van der Waals surface area contributed by atoms with E-state index in [0.717, 1.165) is 12.0 Å². The average Bonchev–Trinajstić information content (AvgIpc) is 2.84. The monoisotopic (exact) mass is 285 g/mol. The summed E-state index contributed by atoms with van der Waals surface area (Å²) in [6, 6.07) is 9.68. The van der Waals surface area contributed by atoms with Gasteiger partial charge in [0.1, 0.15) is 12.3 Å². The smallest absolute Gasteiger partial charge is 0.355 e. The first kappa shape index (κ1) is 13.9. The summed E-state index contributed by atoms with van der Waals surface area (Å²) in [6.07, 6.45) is 2.59. The topological polar surface area (TPSA) is 46.6 Å². The van der Waals surface area contributed by atoms with Gasteiger partial charge >= 0.3 is 5.97 Å². The Hall–Kier alpha value is -2.10. The van der Waals surface area contributed by atoms with E-state index in [4.69, 9.17) is 4.74 Å². The summed E-state index contributed by atoms with van der Waals surface area (Å²) < 4.78 is 5.31. The van der Waals surface area contributed by atoms with E-state index in [-0.39, 0.29) is 24.5 Å². The molecule has 0 spiro atoms. The highest BCUT2D eigenvalue weighted by Gasteiger charge is 2.53. The maximum atomic E-state index is 12.2. The molecule has 3 rings (SSSR count). The Labute approximate surface area is 124 Å². The predicted molar refractivity (Wildman–Crippen MR) is 77.9 cm³/mol. The second-order valence-corrected chi connectivity index (χ2v) is 5.93. The van der Waals surface area contributed by atoms with Gasteiger partial charge in [0, 0.05) is 0 Å². The zero-order valence-corrected chi connectivity index (χ0v) is 12.3. The normalized spacial score (nSPS) is 23.7. The summed E-state index contributed by atoms with van der Waals surface area (Å²) in [7, 11) is 0. The van der Waals surface area contributed by atoms with Crippen molar-refractivity contribution in [2.24, 2.45) is 11.8 Å². The Morgan fingerprint density at radius 2 is 2.05 bits per heavy atom. The Balaban J connectivity index is 1.61. The number of carbonyl (C=O) groups is 2. The van der Waals surface area contributed by atoms with Crippen molar-refractivity contribution >= 4 is 11.9 Å². The van der Waals surface area contributed by atoms with E-state index in [2.05, 4.69) is 0 Å². The zero-order valence-electron chi connectivity index (χ0n) is 12.3. The Morgan fingerprint density at radius 3 is 2.71 bits per heavy atom. The molecule has 2 heterocycles. The quantitative estimate of drug-likeness (QED) is 0.631. The number of carbonyl (C=O) groups excluding carboxylic acids is 2. The summed E-state index contributed by atoms with van der Waals surface area (Å²) in [6.45, 7) is 4.33. The molecule has 1 aromatic carbocycles. The molecule has 110 valence electrons. The van der Waals surface area contributed by atoms with Crippen LogP contribution in [0.1, 0.15) is 25.8 Å². The Bertz CT molecular complexity index is 591. The number of hydrogen-bond acceptors (Lipinski definition) is 3. The first-order valence-electron chi connectivity index (χ1n) is 7.34. The average molecular weight is 285 g/mol. The van der Waals surface area contributed by atoms with Crippen LogP contribution in [0.5, 0.6) is 0 Å². The van der Waals surface area contributed by atoms with Crippen molar-refractivity contribution in [2.45, 2.75) is 32.9 Å². The van der Waals surface area contributed by atoms with E-state index in [1.807, 2.05) is 50.3 Å². The lowest BCUT2D eigenvalue weighted by Gasteiger charge is -2.45. The van der Waals surface area contributed by atoms with Crippen LogP contribution in [0.2, 0.25) is 0 Å². The van der Waals surface area contributed by atoms with E-state index >= 15 is 0 Å². The van der Waals surface area contributed by atoms with Gasteiger partial charge in [-0.3, -0.25) is 4.79 Å². The van der Waals surface area contributed by atoms with Gasteiger partial charge in [0.05, 0.1) is 12.0 Å². The summed E-state index contributed by atoms with van der Waals surface area (Å²) >= 11 is 0. The number of esters is 1. The minimum absolute atomic E-state index is 0.0423. The number of benzene rings is 1. The minimum Gasteiger partial charge on any atom is -0.456 e. The van der Waals surface area contributed by atoms with Gasteiger partial charge in [0.15, 0.2) is 0 Å². The highest BCUT2D eigenvalue weighted by molar-refractivity contribution is 5.99. The number of ether oxygens (including phenoxy) is 1. The molecule has 1 aromatic rings. The van der Waals surface area contributed by atoms with Gasteiger partial charge in [0.25, 0.3) is 0 Å². The number of β-lactam (4-membered cyclic amide) rings is 1. The molecule has 0 radical (unpaired) electrons. The number of fused-ring (bicyclic) bond motifs is 1. The largest absolute Gasteiger partial charge is 0.456 e. The standard InChI is InChI=1S/C17H19NO3/c1-11(2)15-13-8-9-14(18(13)16(15)19)17(20)21-10-12-6-4-3-5-7-12/h3-7,9,11,13,15H,8,10H2,1-2H3/t13-,15-/m1/s1. The van der Waals surface area contributed by atoms with Gasteiger partial charge in [-0.25, -0.2) is 4.79 Å². The van der Waals surface area contributed by atoms with E-state index in [1.54, 1.807) is 4.90 Å². The maximum Gasteiger partial charge on any atom is 0.355 e. The molecule has 0 bridgehead atoms. The maximum absolute atomic E-state index is 12.2. The molecule has 0 saturated carbocycles. The molecule has 4 nitrogen and oxygen atoms in total. The number of nitrogens with zero attached hydrogens (tertiary/aromatic N) is 1. The van der Waals surface area contributed by atoms with Crippen molar-refractivity contribution < 1.29 is 14.3 Å². The lowest BCUT2D eigenvalue weighted by molar-refractivity contribution is -0.159. The van der Waals surface area contributed by atoms with Gasteiger partial charge in [-0.1, -0.05) is 50.3 Å². The molecule has 4 heteroatoms. The van der Waals surface area contributed by atoms with Gasteiger partial charge in [-0.05, 0) is 17.9 Å². The number of amides is 1. The van der Waals surface area contributed by atoms with Crippen LogP contribution in [0.15, 0.2) is 42.1 Å². The number of rotatable bonds is 4. The van der Waals surface area contributed by atoms with Crippen LogP contribution >= 0.6 is 0 Å². The molecule has 2 aliphatic rings. The summed E-state index contributed by atoms with van der Waals surface area (Å²) in [5.41, 5.74) is 1.36. The molecule has 1 fully saturated rings. The fourth-order valence-electron chi connectivity index (χ4n) is 3.16. The third-order valence-electron chi connectivity index (χ3n) is 4.22. The van der Waals surface area contributed by atoms with Crippen LogP contribution in [-0.2, 0) is 20.9 Å². The minimum atomic E-state index is -0.406. The van der Waals surface area contributed by atoms with E-state index in [0.29, 0.717) is 11.6 Å². The molecule has 1 saturated heterocycles. The lowest BCUT2D eigenvalue weighted by Crippen LogP contribution is -2.60. The molecular weight excluding hydrogens is 266 g/mol. The van der Waals surface area contributed by atoms with Crippen LogP contribution in [-0.4, -0.2) is 22.8 Å².